The Morgan fingerprint density at radius 1 is 1.07 bits per heavy atom. The summed E-state index contributed by atoms with van der Waals surface area (Å²) in [5.41, 5.74) is 1.88. The Morgan fingerprint density at radius 3 is 2.33 bits per heavy atom. The number of nitrogens with one attached hydrogen (secondary N) is 2. The third kappa shape index (κ3) is 4.80. The van der Waals surface area contributed by atoms with Crippen LogP contribution in [0.1, 0.15) is 37.0 Å². The lowest BCUT2D eigenvalue weighted by atomic mass is 10.2. The third-order valence-electron chi connectivity index (χ3n) is 4.57. The third-order valence-corrected chi connectivity index (χ3v) is 5.95. The van der Waals surface area contributed by atoms with Gasteiger partial charge in [-0.1, -0.05) is 6.07 Å². The maximum atomic E-state index is 12.7. The minimum atomic E-state index is -3.77. The van der Waals surface area contributed by atoms with E-state index in [1.807, 2.05) is 12.1 Å². The second kappa shape index (κ2) is 8.00. The molecule has 6 nitrogen and oxygen atoms in total. The van der Waals surface area contributed by atoms with Crippen molar-refractivity contribution < 1.29 is 13.2 Å². The van der Waals surface area contributed by atoms with Gasteiger partial charge in [0.15, 0.2) is 0 Å². The first kappa shape index (κ1) is 19.2. The van der Waals surface area contributed by atoms with Crippen molar-refractivity contribution in [1.29, 1.82) is 0 Å². The zero-order chi connectivity index (χ0) is 19.4. The summed E-state index contributed by atoms with van der Waals surface area (Å²) in [6.07, 6.45) is 1.96. The van der Waals surface area contributed by atoms with Gasteiger partial charge in [-0.05, 0) is 69.2 Å². The maximum Gasteiger partial charge on any atom is 0.261 e. The van der Waals surface area contributed by atoms with E-state index in [1.54, 1.807) is 24.3 Å². The largest absolute Gasteiger partial charge is 0.372 e. The van der Waals surface area contributed by atoms with Crippen LogP contribution in [0.2, 0.25) is 0 Å². The van der Waals surface area contributed by atoms with Gasteiger partial charge < -0.3 is 10.2 Å². The van der Waals surface area contributed by atoms with Crippen LogP contribution in [-0.4, -0.2) is 33.5 Å². The van der Waals surface area contributed by atoms with E-state index in [0.29, 0.717) is 11.3 Å². The Labute approximate surface area is 160 Å². The number of nitrogens with zero attached hydrogens (tertiary/aromatic N) is 1. The highest BCUT2D eigenvalue weighted by atomic mass is 32.2. The average molecular weight is 388 g/mol. The summed E-state index contributed by atoms with van der Waals surface area (Å²) >= 11 is 0. The Balaban J connectivity index is 1.75. The summed E-state index contributed by atoms with van der Waals surface area (Å²) in [5.74, 6) is -0.238. The van der Waals surface area contributed by atoms with Gasteiger partial charge in [-0.2, -0.15) is 0 Å². The highest BCUT2D eigenvalue weighted by Gasteiger charge is 2.24. The van der Waals surface area contributed by atoms with E-state index in [-0.39, 0.29) is 16.8 Å². The van der Waals surface area contributed by atoms with E-state index >= 15 is 0 Å². The van der Waals surface area contributed by atoms with Crippen molar-refractivity contribution in [3.63, 3.8) is 0 Å². The molecule has 2 N–H and O–H groups in total. The van der Waals surface area contributed by atoms with Crippen molar-refractivity contribution >= 4 is 27.3 Å². The lowest BCUT2D eigenvalue weighted by Gasteiger charge is -2.21. The fraction of sp³-hybridized carbons (Fsp3) is 0.350. The minimum absolute atomic E-state index is 0.0683. The Hall–Kier alpha value is -2.54. The predicted octanol–water partition coefficient (Wildman–Crippen LogP) is 3.23. The number of hydrogen-bond donors (Lipinski definition) is 2. The summed E-state index contributed by atoms with van der Waals surface area (Å²) < 4.78 is 28.0. The number of amides is 1. The number of carbonyl (C=O) groups is 1. The molecular formula is C20H25N3O3S. The maximum absolute atomic E-state index is 12.7. The molecule has 1 amide bonds. The molecule has 2 aromatic rings. The van der Waals surface area contributed by atoms with E-state index in [1.165, 1.54) is 12.1 Å². The van der Waals surface area contributed by atoms with Crippen LogP contribution in [0.3, 0.4) is 0 Å². The number of benzene rings is 2. The predicted molar refractivity (Wildman–Crippen MR) is 108 cm³/mol. The Morgan fingerprint density at radius 2 is 1.74 bits per heavy atom. The zero-order valence-electron chi connectivity index (χ0n) is 15.6. The van der Waals surface area contributed by atoms with Gasteiger partial charge in [0, 0.05) is 36.1 Å². The van der Waals surface area contributed by atoms with Crippen LogP contribution in [0.5, 0.6) is 0 Å². The lowest BCUT2D eigenvalue weighted by molar-refractivity contribution is 0.0951. The molecule has 7 heteroatoms. The molecule has 0 radical (unpaired) electrons. The van der Waals surface area contributed by atoms with Crippen molar-refractivity contribution in [2.45, 2.75) is 37.6 Å². The van der Waals surface area contributed by atoms with Gasteiger partial charge in [0.05, 0.1) is 4.90 Å². The van der Waals surface area contributed by atoms with Crippen molar-refractivity contribution in [2.24, 2.45) is 0 Å². The van der Waals surface area contributed by atoms with Gasteiger partial charge in [0.25, 0.3) is 15.9 Å². The fourth-order valence-corrected chi connectivity index (χ4v) is 3.95. The summed E-state index contributed by atoms with van der Waals surface area (Å²) in [6, 6.07) is 13.6. The summed E-state index contributed by atoms with van der Waals surface area (Å²) in [7, 11) is -3.77. The monoisotopic (exact) mass is 387 g/mol. The van der Waals surface area contributed by atoms with Crippen molar-refractivity contribution in [1.82, 2.24) is 5.32 Å². The molecule has 144 valence electrons. The molecule has 0 aliphatic heterocycles. The Bertz CT molecular complexity index is 902. The first-order chi connectivity index (χ1) is 12.9. The topological polar surface area (TPSA) is 78.5 Å². The van der Waals surface area contributed by atoms with Gasteiger partial charge in [0.2, 0.25) is 0 Å². The molecule has 0 unspecified atom stereocenters. The lowest BCUT2D eigenvalue weighted by Crippen LogP contribution is -2.25. The quantitative estimate of drug-likeness (QED) is 0.729. The SMILES string of the molecule is CCN(CC)c1ccc(NS(=O)(=O)c2cccc(C(=O)NC3CC3)c2)cc1. The normalized spacial score (nSPS) is 13.9. The Kier molecular flexibility index (Phi) is 5.70. The van der Waals surface area contributed by atoms with Crippen LogP contribution in [0.15, 0.2) is 53.4 Å². The van der Waals surface area contributed by atoms with Gasteiger partial charge in [-0.25, -0.2) is 8.42 Å². The number of anilines is 2. The standard InChI is InChI=1S/C20H25N3O3S/c1-3-23(4-2)18-12-10-17(11-13-18)22-27(25,26)19-7-5-6-15(14-19)20(24)21-16-8-9-16/h5-7,10-14,16,22H,3-4,8-9H2,1-2H3,(H,21,24). The molecule has 0 bridgehead atoms. The second-order valence-corrected chi connectivity index (χ2v) is 8.28. The van der Waals surface area contributed by atoms with E-state index in [9.17, 15) is 13.2 Å². The van der Waals surface area contributed by atoms with E-state index < -0.39 is 10.0 Å². The van der Waals surface area contributed by atoms with E-state index in [4.69, 9.17) is 0 Å². The number of sulfonamides is 1. The number of carbonyl (C=O) groups excluding carboxylic acids is 1. The van der Waals surface area contributed by atoms with Crippen LogP contribution < -0.4 is 14.9 Å². The molecule has 0 atom stereocenters. The van der Waals surface area contributed by atoms with E-state index in [2.05, 4.69) is 28.8 Å². The van der Waals surface area contributed by atoms with Crippen LogP contribution in [-0.2, 0) is 10.0 Å². The first-order valence-corrected chi connectivity index (χ1v) is 10.7. The molecule has 1 saturated carbocycles. The molecule has 3 rings (SSSR count). The molecule has 27 heavy (non-hydrogen) atoms. The molecule has 0 spiro atoms. The van der Waals surface area contributed by atoms with Gasteiger partial charge in [0.1, 0.15) is 0 Å². The second-order valence-electron chi connectivity index (χ2n) is 6.60. The summed E-state index contributed by atoms with van der Waals surface area (Å²) in [6.45, 7) is 5.92. The number of hydrogen-bond acceptors (Lipinski definition) is 4. The zero-order valence-corrected chi connectivity index (χ0v) is 16.4. The smallest absolute Gasteiger partial charge is 0.261 e. The van der Waals surface area contributed by atoms with Crippen molar-refractivity contribution in [2.75, 3.05) is 22.7 Å². The summed E-state index contributed by atoms with van der Waals surface area (Å²) in [4.78, 5) is 14.4. The molecule has 0 saturated heterocycles. The molecule has 0 heterocycles. The van der Waals surface area contributed by atoms with Crippen molar-refractivity contribution in [3.05, 3.63) is 54.1 Å². The van der Waals surface area contributed by atoms with Crippen molar-refractivity contribution in [3.8, 4) is 0 Å². The fourth-order valence-electron chi connectivity index (χ4n) is 2.84. The van der Waals surface area contributed by atoms with Crippen LogP contribution in [0, 0.1) is 0 Å². The molecule has 1 aliphatic carbocycles. The van der Waals surface area contributed by atoms with Crippen LogP contribution >= 0.6 is 0 Å². The molecular weight excluding hydrogens is 362 g/mol. The highest BCUT2D eigenvalue weighted by Crippen LogP contribution is 2.22. The van der Waals surface area contributed by atoms with Gasteiger partial charge >= 0.3 is 0 Å². The molecule has 2 aromatic carbocycles. The minimum Gasteiger partial charge on any atom is -0.372 e. The van der Waals surface area contributed by atoms with Crippen LogP contribution in [0.4, 0.5) is 11.4 Å². The van der Waals surface area contributed by atoms with Gasteiger partial charge in [-0.3, -0.25) is 9.52 Å². The number of rotatable bonds is 8. The molecule has 1 aliphatic rings. The molecule has 0 aromatic heterocycles. The molecule has 1 fully saturated rings. The van der Waals surface area contributed by atoms with Gasteiger partial charge in [-0.15, -0.1) is 0 Å². The highest BCUT2D eigenvalue weighted by molar-refractivity contribution is 7.92. The average Bonchev–Trinajstić information content (AvgIpc) is 3.48. The van der Waals surface area contributed by atoms with Crippen LogP contribution in [0.25, 0.3) is 0 Å². The van der Waals surface area contributed by atoms with E-state index in [0.717, 1.165) is 31.6 Å². The first-order valence-electron chi connectivity index (χ1n) is 9.21. The summed E-state index contributed by atoms with van der Waals surface area (Å²) in [5, 5.41) is 2.87.